The first kappa shape index (κ1) is 17.4. The average Bonchev–Trinajstić information content (AvgIpc) is 2.46. The molecule has 0 aromatic rings. The number of rotatable bonds is 9. The summed E-state index contributed by atoms with van der Waals surface area (Å²) in [5.74, 6) is -0.606. The molecule has 0 heterocycles. The lowest BCUT2D eigenvalue weighted by Crippen LogP contribution is -2.49. The summed E-state index contributed by atoms with van der Waals surface area (Å²) in [5, 5.41) is 9.73. The van der Waals surface area contributed by atoms with Crippen molar-refractivity contribution in [3.8, 4) is 0 Å². The van der Waals surface area contributed by atoms with Gasteiger partial charge in [0.25, 0.3) is 0 Å². The fraction of sp³-hybridized carbons (Fsp3) is 0.938. The lowest BCUT2D eigenvalue weighted by molar-refractivity contribution is -0.153. The van der Waals surface area contributed by atoms with Crippen LogP contribution in [-0.2, 0) is 9.53 Å². The Bertz CT molecular complexity index is 283. The van der Waals surface area contributed by atoms with Crippen LogP contribution in [0.5, 0.6) is 0 Å². The quantitative estimate of drug-likeness (QED) is 0.707. The Balaban J connectivity index is 2.80. The van der Waals surface area contributed by atoms with Crippen molar-refractivity contribution in [2.75, 3.05) is 26.8 Å². The Morgan fingerprint density at radius 3 is 2.30 bits per heavy atom. The van der Waals surface area contributed by atoms with Crippen LogP contribution in [0.4, 0.5) is 0 Å². The van der Waals surface area contributed by atoms with Gasteiger partial charge in [0.1, 0.15) is 0 Å². The zero-order valence-corrected chi connectivity index (χ0v) is 13.4. The van der Waals surface area contributed by atoms with Crippen molar-refractivity contribution in [3.05, 3.63) is 0 Å². The van der Waals surface area contributed by atoms with E-state index in [4.69, 9.17) is 4.74 Å². The van der Waals surface area contributed by atoms with E-state index in [-0.39, 0.29) is 0 Å². The van der Waals surface area contributed by atoms with E-state index in [9.17, 15) is 9.90 Å². The van der Waals surface area contributed by atoms with Gasteiger partial charge in [-0.3, -0.25) is 9.69 Å². The van der Waals surface area contributed by atoms with Gasteiger partial charge in [-0.25, -0.2) is 0 Å². The normalized spacial score (nSPS) is 18.6. The van der Waals surface area contributed by atoms with Gasteiger partial charge in [0.15, 0.2) is 0 Å². The third-order valence-corrected chi connectivity index (χ3v) is 4.81. The maximum atomic E-state index is 11.8. The summed E-state index contributed by atoms with van der Waals surface area (Å²) in [7, 11) is 1.71. The highest BCUT2D eigenvalue weighted by Crippen LogP contribution is 2.38. The predicted molar refractivity (Wildman–Crippen MR) is 81.0 cm³/mol. The van der Waals surface area contributed by atoms with Crippen LogP contribution in [0.2, 0.25) is 0 Å². The molecule has 1 aliphatic rings. The SMILES string of the molecule is CCC(CC)N(CCOC)CC1(C(=O)O)CCCCC1. The minimum absolute atomic E-state index is 0.461. The number of carboxylic acids is 1. The highest BCUT2D eigenvalue weighted by molar-refractivity contribution is 5.75. The third-order valence-electron chi connectivity index (χ3n) is 4.81. The molecule has 4 nitrogen and oxygen atoms in total. The Hall–Kier alpha value is -0.610. The van der Waals surface area contributed by atoms with Crippen LogP contribution in [0.3, 0.4) is 0 Å². The summed E-state index contributed by atoms with van der Waals surface area (Å²) in [6, 6.07) is 0.461. The fourth-order valence-electron chi connectivity index (χ4n) is 3.46. The minimum atomic E-state index is -0.606. The first-order valence-electron chi connectivity index (χ1n) is 8.06. The topological polar surface area (TPSA) is 49.8 Å². The molecule has 0 aliphatic heterocycles. The van der Waals surface area contributed by atoms with Gasteiger partial charge in [-0.15, -0.1) is 0 Å². The average molecular weight is 285 g/mol. The molecule has 0 spiro atoms. The molecule has 0 unspecified atom stereocenters. The molecule has 0 aromatic carbocycles. The first-order chi connectivity index (χ1) is 9.59. The van der Waals surface area contributed by atoms with Crippen molar-refractivity contribution in [2.24, 2.45) is 5.41 Å². The zero-order valence-electron chi connectivity index (χ0n) is 13.4. The third kappa shape index (κ3) is 4.45. The first-order valence-corrected chi connectivity index (χ1v) is 8.06. The fourth-order valence-corrected chi connectivity index (χ4v) is 3.46. The van der Waals surface area contributed by atoms with Crippen LogP contribution >= 0.6 is 0 Å². The van der Waals surface area contributed by atoms with Crippen LogP contribution in [0, 0.1) is 5.41 Å². The molecular weight excluding hydrogens is 254 g/mol. The molecule has 0 atom stereocenters. The largest absolute Gasteiger partial charge is 0.481 e. The van der Waals surface area contributed by atoms with Crippen molar-refractivity contribution >= 4 is 5.97 Å². The number of aliphatic carboxylic acids is 1. The molecule has 0 aromatic heterocycles. The summed E-state index contributed by atoms with van der Waals surface area (Å²) >= 11 is 0. The molecule has 118 valence electrons. The molecule has 1 saturated carbocycles. The predicted octanol–water partition coefficient (Wildman–Crippen LogP) is 3.16. The summed E-state index contributed by atoms with van der Waals surface area (Å²) in [5.41, 5.74) is -0.533. The lowest BCUT2D eigenvalue weighted by Gasteiger charge is -2.40. The molecule has 0 bridgehead atoms. The number of ether oxygens (including phenoxy) is 1. The van der Waals surface area contributed by atoms with E-state index in [0.717, 1.165) is 45.1 Å². The number of hydrogen-bond donors (Lipinski definition) is 1. The second kappa shape index (κ2) is 8.63. The molecular formula is C16H31NO3. The molecule has 20 heavy (non-hydrogen) atoms. The highest BCUT2D eigenvalue weighted by Gasteiger charge is 2.41. The Morgan fingerprint density at radius 1 is 1.25 bits per heavy atom. The summed E-state index contributed by atoms with van der Waals surface area (Å²) in [6.07, 6.45) is 7.06. The van der Waals surface area contributed by atoms with Crippen LogP contribution in [0.15, 0.2) is 0 Å². The summed E-state index contributed by atoms with van der Waals surface area (Å²) < 4.78 is 5.20. The van der Waals surface area contributed by atoms with E-state index in [1.807, 2.05) is 0 Å². The number of hydrogen-bond acceptors (Lipinski definition) is 3. The molecule has 1 N–H and O–H groups in total. The van der Waals surface area contributed by atoms with Crippen LogP contribution in [-0.4, -0.2) is 48.8 Å². The maximum absolute atomic E-state index is 11.8. The van der Waals surface area contributed by atoms with Gasteiger partial charge in [-0.2, -0.15) is 0 Å². The summed E-state index contributed by atoms with van der Waals surface area (Å²) in [4.78, 5) is 14.2. The number of carboxylic acid groups (broad SMARTS) is 1. The molecule has 0 amide bonds. The molecule has 4 heteroatoms. The van der Waals surface area contributed by atoms with Crippen LogP contribution < -0.4 is 0 Å². The second-order valence-corrected chi connectivity index (χ2v) is 6.08. The van der Waals surface area contributed by atoms with E-state index < -0.39 is 11.4 Å². The number of methoxy groups -OCH3 is 1. The molecule has 0 saturated heterocycles. The van der Waals surface area contributed by atoms with Gasteiger partial charge in [-0.05, 0) is 25.7 Å². The Labute approximate surface area is 123 Å². The smallest absolute Gasteiger partial charge is 0.310 e. The zero-order chi connectivity index (χ0) is 15.0. The van der Waals surface area contributed by atoms with Crippen molar-refractivity contribution < 1.29 is 14.6 Å². The van der Waals surface area contributed by atoms with Gasteiger partial charge in [0, 0.05) is 26.2 Å². The Morgan fingerprint density at radius 2 is 1.85 bits per heavy atom. The molecule has 1 fully saturated rings. The highest BCUT2D eigenvalue weighted by atomic mass is 16.5. The standard InChI is InChI=1S/C16H31NO3/c1-4-14(5-2)17(11-12-20-3)13-16(15(18)19)9-7-6-8-10-16/h14H,4-13H2,1-3H3,(H,18,19). The molecule has 1 aliphatic carbocycles. The van der Waals surface area contributed by atoms with Gasteiger partial charge in [-0.1, -0.05) is 33.1 Å². The van der Waals surface area contributed by atoms with Crippen molar-refractivity contribution in [2.45, 2.75) is 64.8 Å². The van der Waals surface area contributed by atoms with E-state index in [1.54, 1.807) is 7.11 Å². The molecule has 1 rings (SSSR count). The Kier molecular flexibility index (Phi) is 7.52. The van der Waals surface area contributed by atoms with Crippen LogP contribution in [0.1, 0.15) is 58.8 Å². The van der Waals surface area contributed by atoms with Crippen LogP contribution in [0.25, 0.3) is 0 Å². The van der Waals surface area contributed by atoms with Gasteiger partial charge >= 0.3 is 5.97 Å². The van der Waals surface area contributed by atoms with Crippen molar-refractivity contribution in [1.82, 2.24) is 4.90 Å². The van der Waals surface area contributed by atoms with E-state index in [1.165, 1.54) is 6.42 Å². The van der Waals surface area contributed by atoms with E-state index in [0.29, 0.717) is 19.2 Å². The maximum Gasteiger partial charge on any atom is 0.310 e. The van der Waals surface area contributed by atoms with E-state index >= 15 is 0 Å². The van der Waals surface area contributed by atoms with Gasteiger partial charge in [0.05, 0.1) is 12.0 Å². The van der Waals surface area contributed by atoms with E-state index in [2.05, 4.69) is 18.7 Å². The van der Waals surface area contributed by atoms with Crippen molar-refractivity contribution in [1.29, 1.82) is 0 Å². The monoisotopic (exact) mass is 285 g/mol. The minimum Gasteiger partial charge on any atom is -0.481 e. The second-order valence-electron chi connectivity index (χ2n) is 6.08. The van der Waals surface area contributed by atoms with Gasteiger partial charge in [0.2, 0.25) is 0 Å². The number of carbonyl (C=O) groups is 1. The lowest BCUT2D eigenvalue weighted by atomic mass is 9.73. The number of nitrogens with zero attached hydrogens (tertiary/aromatic N) is 1. The van der Waals surface area contributed by atoms with Crippen molar-refractivity contribution in [3.63, 3.8) is 0 Å². The summed E-state index contributed by atoms with van der Waals surface area (Å²) in [6.45, 7) is 6.55. The van der Waals surface area contributed by atoms with Gasteiger partial charge < -0.3 is 9.84 Å². The molecule has 0 radical (unpaired) electrons.